The summed E-state index contributed by atoms with van der Waals surface area (Å²) in [6.45, 7) is 4.78. The lowest BCUT2D eigenvalue weighted by Gasteiger charge is -2.17. The van der Waals surface area contributed by atoms with Gasteiger partial charge in [-0.1, -0.05) is 25.7 Å². The van der Waals surface area contributed by atoms with Crippen LogP contribution in [0, 0.1) is 5.92 Å². The second kappa shape index (κ2) is 6.41. The van der Waals surface area contributed by atoms with Gasteiger partial charge in [-0.15, -0.1) is 0 Å². The van der Waals surface area contributed by atoms with Crippen LogP contribution in [0.4, 0.5) is 0 Å². The standard InChI is InChI=1S/C12H25NO/c1-10(13-9-11(2)14)7-8-12-5-3-4-6-12/h10-14H,3-9H2,1-2H3. The Kier molecular flexibility index (Phi) is 5.49. The molecule has 0 aromatic carbocycles. The molecule has 0 spiro atoms. The van der Waals surface area contributed by atoms with Crippen molar-refractivity contribution in [2.75, 3.05) is 6.54 Å². The second-order valence-electron chi connectivity index (χ2n) is 4.89. The highest BCUT2D eigenvalue weighted by Gasteiger charge is 2.15. The summed E-state index contributed by atoms with van der Waals surface area (Å²) in [5, 5.41) is 12.5. The summed E-state index contributed by atoms with van der Waals surface area (Å²) in [6.07, 6.45) is 8.20. The monoisotopic (exact) mass is 199 g/mol. The minimum absolute atomic E-state index is 0.219. The van der Waals surface area contributed by atoms with E-state index in [2.05, 4.69) is 12.2 Å². The molecule has 0 saturated heterocycles. The van der Waals surface area contributed by atoms with E-state index >= 15 is 0 Å². The van der Waals surface area contributed by atoms with Crippen LogP contribution in [-0.2, 0) is 0 Å². The van der Waals surface area contributed by atoms with E-state index in [1.54, 1.807) is 0 Å². The van der Waals surface area contributed by atoms with Crippen LogP contribution in [0.15, 0.2) is 0 Å². The van der Waals surface area contributed by atoms with E-state index in [9.17, 15) is 0 Å². The predicted molar refractivity (Wildman–Crippen MR) is 60.3 cm³/mol. The Morgan fingerprint density at radius 1 is 1.29 bits per heavy atom. The fraction of sp³-hybridized carbons (Fsp3) is 1.00. The molecule has 1 fully saturated rings. The zero-order valence-corrected chi connectivity index (χ0v) is 9.63. The Morgan fingerprint density at radius 2 is 1.93 bits per heavy atom. The van der Waals surface area contributed by atoms with Crippen molar-refractivity contribution in [3.8, 4) is 0 Å². The Bertz CT molecular complexity index is 141. The summed E-state index contributed by atoms with van der Waals surface area (Å²) in [5.41, 5.74) is 0. The van der Waals surface area contributed by atoms with Crippen LogP contribution in [0.5, 0.6) is 0 Å². The van der Waals surface area contributed by atoms with Gasteiger partial charge in [0.15, 0.2) is 0 Å². The maximum absolute atomic E-state index is 9.12. The van der Waals surface area contributed by atoms with Crippen molar-refractivity contribution in [3.05, 3.63) is 0 Å². The fourth-order valence-electron chi connectivity index (χ4n) is 2.26. The van der Waals surface area contributed by atoms with E-state index < -0.39 is 0 Å². The molecular weight excluding hydrogens is 174 g/mol. The first-order valence-corrected chi connectivity index (χ1v) is 6.10. The van der Waals surface area contributed by atoms with Crippen LogP contribution >= 0.6 is 0 Å². The highest BCUT2D eigenvalue weighted by molar-refractivity contribution is 4.70. The first kappa shape index (κ1) is 12.0. The van der Waals surface area contributed by atoms with Crippen LogP contribution in [0.3, 0.4) is 0 Å². The highest BCUT2D eigenvalue weighted by Crippen LogP contribution is 2.28. The lowest BCUT2D eigenvalue weighted by molar-refractivity contribution is 0.185. The maximum Gasteiger partial charge on any atom is 0.0636 e. The first-order chi connectivity index (χ1) is 6.68. The van der Waals surface area contributed by atoms with Gasteiger partial charge in [0, 0.05) is 12.6 Å². The van der Waals surface area contributed by atoms with E-state index in [0.29, 0.717) is 6.04 Å². The smallest absolute Gasteiger partial charge is 0.0636 e. The molecule has 1 aliphatic carbocycles. The lowest BCUT2D eigenvalue weighted by Crippen LogP contribution is -2.32. The minimum Gasteiger partial charge on any atom is -0.392 e. The van der Waals surface area contributed by atoms with Gasteiger partial charge in [-0.25, -0.2) is 0 Å². The normalized spacial score (nSPS) is 22.5. The molecular formula is C12H25NO. The van der Waals surface area contributed by atoms with Crippen LogP contribution in [-0.4, -0.2) is 23.8 Å². The zero-order chi connectivity index (χ0) is 10.4. The van der Waals surface area contributed by atoms with Gasteiger partial charge >= 0.3 is 0 Å². The molecule has 0 aromatic heterocycles. The summed E-state index contributed by atoms with van der Waals surface area (Å²) in [5.74, 6) is 0.991. The third-order valence-electron chi connectivity index (χ3n) is 3.24. The van der Waals surface area contributed by atoms with Crippen molar-refractivity contribution in [3.63, 3.8) is 0 Å². The molecule has 0 aromatic rings. The average Bonchev–Trinajstić information content (AvgIpc) is 2.63. The van der Waals surface area contributed by atoms with Crippen molar-refractivity contribution in [1.82, 2.24) is 5.32 Å². The quantitative estimate of drug-likeness (QED) is 0.688. The van der Waals surface area contributed by atoms with E-state index in [1.165, 1.54) is 38.5 Å². The molecule has 0 heterocycles. The third-order valence-corrected chi connectivity index (χ3v) is 3.24. The van der Waals surface area contributed by atoms with Gasteiger partial charge in [0.05, 0.1) is 6.10 Å². The van der Waals surface area contributed by atoms with E-state index in [1.807, 2.05) is 6.92 Å². The number of hydrogen-bond donors (Lipinski definition) is 2. The Balaban J connectivity index is 1.99. The van der Waals surface area contributed by atoms with E-state index in [-0.39, 0.29) is 6.10 Å². The summed E-state index contributed by atoms with van der Waals surface area (Å²) >= 11 is 0. The second-order valence-corrected chi connectivity index (χ2v) is 4.89. The molecule has 2 heteroatoms. The zero-order valence-electron chi connectivity index (χ0n) is 9.63. The number of nitrogens with one attached hydrogen (secondary N) is 1. The fourth-order valence-corrected chi connectivity index (χ4v) is 2.26. The number of hydrogen-bond acceptors (Lipinski definition) is 2. The molecule has 0 bridgehead atoms. The van der Waals surface area contributed by atoms with Crippen LogP contribution in [0.2, 0.25) is 0 Å². The molecule has 2 nitrogen and oxygen atoms in total. The lowest BCUT2D eigenvalue weighted by atomic mass is 9.99. The van der Waals surface area contributed by atoms with Gasteiger partial charge in [-0.05, 0) is 32.6 Å². The van der Waals surface area contributed by atoms with Crippen molar-refractivity contribution in [1.29, 1.82) is 0 Å². The predicted octanol–water partition coefficient (Wildman–Crippen LogP) is 2.32. The number of aliphatic hydroxyl groups excluding tert-OH is 1. The van der Waals surface area contributed by atoms with Crippen molar-refractivity contribution >= 4 is 0 Å². The minimum atomic E-state index is -0.219. The molecule has 1 saturated carbocycles. The van der Waals surface area contributed by atoms with Gasteiger partial charge in [0.1, 0.15) is 0 Å². The van der Waals surface area contributed by atoms with Crippen LogP contribution < -0.4 is 5.32 Å². The average molecular weight is 199 g/mol. The number of aliphatic hydroxyl groups is 1. The molecule has 1 aliphatic rings. The van der Waals surface area contributed by atoms with Crippen LogP contribution in [0.25, 0.3) is 0 Å². The van der Waals surface area contributed by atoms with Gasteiger partial charge in [-0.3, -0.25) is 0 Å². The van der Waals surface area contributed by atoms with Gasteiger partial charge in [-0.2, -0.15) is 0 Å². The highest BCUT2D eigenvalue weighted by atomic mass is 16.3. The summed E-state index contributed by atoms with van der Waals surface area (Å²) in [6, 6.07) is 0.560. The van der Waals surface area contributed by atoms with Crippen molar-refractivity contribution < 1.29 is 5.11 Å². The molecule has 1 rings (SSSR count). The van der Waals surface area contributed by atoms with E-state index in [0.717, 1.165) is 12.5 Å². The van der Waals surface area contributed by atoms with Gasteiger partial charge in [0.25, 0.3) is 0 Å². The molecule has 2 N–H and O–H groups in total. The number of rotatable bonds is 6. The Morgan fingerprint density at radius 3 is 2.50 bits per heavy atom. The first-order valence-electron chi connectivity index (χ1n) is 6.10. The molecule has 0 radical (unpaired) electrons. The van der Waals surface area contributed by atoms with Gasteiger partial charge in [0.2, 0.25) is 0 Å². The maximum atomic E-state index is 9.12. The molecule has 2 unspecified atom stereocenters. The summed E-state index contributed by atoms with van der Waals surface area (Å²) in [7, 11) is 0. The van der Waals surface area contributed by atoms with Crippen LogP contribution in [0.1, 0.15) is 52.4 Å². The summed E-state index contributed by atoms with van der Waals surface area (Å²) in [4.78, 5) is 0. The molecule has 2 atom stereocenters. The summed E-state index contributed by atoms with van der Waals surface area (Å²) < 4.78 is 0. The largest absolute Gasteiger partial charge is 0.392 e. The SMILES string of the molecule is CC(O)CNC(C)CCC1CCCC1. The molecule has 0 amide bonds. The Labute approximate surface area is 88.1 Å². The van der Waals surface area contributed by atoms with E-state index in [4.69, 9.17) is 5.11 Å². The third kappa shape index (κ3) is 4.97. The Hall–Kier alpha value is -0.0800. The molecule has 84 valence electrons. The topological polar surface area (TPSA) is 32.3 Å². The molecule has 0 aliphatic heterocycles. The molecule has 14 heavy (non-hydrogen) atoms. The van der Waals surface area contributed by atoms with Crippen molar-refractivity contribution in [2.45, 2.75) is 64.5 Å². The van der Waals surface area contributed by atoms with Crippen molar-refractivity contribution in [2.24, 2.45) is 5.92 Å². The van der Waals surface area contributed by atoms with Gasteiger partial charge < -0.3 is 10.4 Å².